The number of fused-ring (bicyclic) bond motifs is 4. The van der Waals surface area contributed by atoms with Crippen LogP contribution in [0, 0.1) is 0 Å². The largest absolute Gasteiger partial charge is 0.350 e. The monoisotopic (exact) mass is 344 g/mol. The van der Waals surface area contributed by atoms with E-state index in [1.165, 1.54) is 5.69 Å². The zero-order valence-electron chi connectivity index (χ0n) is 14.4. The molecule has 1 aliphatic carbocycles. The van der Waals surface area contributed by atoms with Crippen molar-refractivity contribution in [2.45, 2.75) is 25.6 Å². The highest BCUT2D eigenvalue weighted by Crippen LogP contribution is 2.44. The summed E-state index contributed by atoms with van der Waals surface area (Å²) >= 11 is 0. The van der Waals surface area contributed by atoms with Crippen molar-refractivity contribution >= 4 is 5.91 Å². The van der Waals surface area contributed by atoms with Crippen molar-refractivity contribution in [1.82, 2.24) is 20.4 Å². The fourth-order valence-electron chi connectivity index (χ4n) is 4.06. The number of hydrogen-bond acceptors (Lipinski definition) is 3. The Morgan fingerprint density at radius 2 is 1.81 bits per heavy atom. The molecule has 130 valence electrons. The van der Waals surface area contributed by atoms with Gasteiger partial charge in [-0.05, 0) is 28.3 Å². The third kappa shape index (κ3) is 2.44. The maximum absolute atomic E-state index is 13.0. The molecule has 3 aromatic rings. The molecule has 0 bridgehead atoms. The van der Waals surface area contributed by atoms with E-state index in [1.54, 1.807) is 0 Å². The van der Waals surface area contributed by atoms with Gasteiger partial charge in [0, 0.05) is 13.1 Å². The predicted octanol–water partition coefficient (Wildman–Crippen LogP) is 2.42. The van der Waals surface area contributed by atoms with Crippen molar-refractivity contribution < 1.29 is 4.79 Å². The van der Waals surface area contributed by atoms with Gasteiger partial charge in [-0.2, -0.15) is 5.10 Å². The van der Waals surface area contributed by atoms with Gasteiger partial charge in [-0.25, -0.2) is 0 Å². The Balaban J connectivity index is 1.39. The SMILES string of the molecule is O=C(NCc1cc2n(n1)CCNC2)C1c2ccccc2-c2ccccc21. The summed E-state index contributed by atoms with van der Waals surface area (Å²) in [7, 11) is 0. The van der Waals surface area contributed by atoms with E-state index in [0.717, 1.165) is 47.6 Å². The Morgan fingerprint density at radius 1 is 1.12 bits per heavy atom. The minimum Gasteiger partial charge on any atom is -0.350 e. The molecule has 0 atom stereocenters. The lowest BCUT2D eigenvalue weighted by molar-refractivity contribution is -0.121. The topological polar surface area (TPSA) is 59.0 Å². The molecule has 2 N–H and O–H groups in total. The van der Waals surface area contributed by atoms with Crippen LogP contribution in [0.15, 0.2) is 54.6 Å². The first-order valence-electron chi connectivity index (χ1n) is 9.03. The van der Waals surface area contributed by atoms with E-state index in [-0.39, 0.29) is 11.8 Å². The summed E-state index contributed by atoms with van der Waals surface area (Å²) in [5.74, 6) is -0.215. The van der Waals surface area contributed by atoms with Crippen molar-refractivity contribution in [1.29, 1.82) is 0 Å². The summed E-state index contributed by atoms with van der Waals surface area (Å²) in [6.45, 7) is 3.12. The Morgan fingerprint density at radius 3 is 2.50 bits per heavy atom. The number of amides is 1. The molecule has 0 saturated heterocycles. The zero-order valence-corrected chi connectivity index (χ0v) is 14.4. The van der Waals surface area contributed by atoms with Gasteiger partial charge in [-0.15, -0.1) is 0 Å². The first kappa shape index (κ1) is 15.3. The molecule has 0 spiro atoms. The molecule has 26 heavy (non-hydrogen) atoms. The van der Waals surface area contributed by atoms with E-state index in [2.05, 4.69) is 46.1 Å². The number of aromatic nitrogens is 2. The summed E-state index contributed by atoms with van der Waals surface area (Å²) in [5.41, 5.74) is 6.58. The van der Waals surface area contributed by atoms with Gasteiger partial charge in [0.2, 0.25) is 5.91 Å². The van der Waals surface area contributed by atoms with Crippen LogP contribution in [0.1, 0.15) is 28.4 Å². The van der Waals surface area contributed by atoms with Gasteiger partial charge in [0.25, 0.3) is 0 Å². The number of rotatable bonds is 3. The van der Waals surface area contributed by atoms with Crippen LogP contribution in [0.2, 0.25) is 0 Å². The van der Waals surface area contributed by atoms with Crippen molar-refractivity contribution in [3.8, 4) is 11.1 Å². The molecule has 0 unspecified atom stereocenters. The smallest absolute Gasteiger partial charge is 0.232 e. The average molecular weight is 344 g/mol. The first-order valence-corrected chi connectivity index (χ1v) is 9.03. The van der Waals surface area contributed by atoms with E-state index in [9.17, 15) is 4.79 Å². The number of carbonyl (C=O) groups is 1. The van der Waals surface area contributed by atoms with Gasteiger partial charge in [0.15, 0.2) is 0 Å². The molecular formula is C21H20N4O. The van der Waals surface area contributed by atoms with Gasteiger partial charge in [-0.3, -0.25) is 9.48 Å². The molecule has 1 aromatic heterocycles. The Hall–Kier alpha value is -2.92. The molecule has 5 rings (SSSR count). The fraction of sp³-hybridized carbons (Fsp3) is 0.238. The predicted molar refractivity (Wildman–Crippen MR) is 99.5 cm³/mol. The normalized spacial score (nSPS) is 15.2. The van der Waals surface area contributed by atoms with Crippen molar-refractivity contribution in [3.05, 3.63) is 77.1 Å². The quantitative estimate of drug-likeness (QED) is 0.767. The van der Waals surface area contributed by atoms with Gasteiger partial charge < -0.3 is 10.6 Å². The molecular weight excluding hydrogens is 324 g/mol. The lowest BCUT2D eigenvalue weighted by Gasteiger charge is -2.14. The first-order chi connectivity index (χ1) is 12.8. The minimum atomic E-state index is -0.249. The molecule has 2 heterocycles. The second kappa shape index (κ2) is 6.11. The summed E-state index contributed by atoms with van der Waals surface area (Å²) in [6, 6.07) is 18.4. The van der Waals surface area contributed by atoms with Crippen LogP contribution < -0.4 is 10.6 Å². The highest BCUT2D eigenvalue weighted by molar-refractivity contribution is 5.96. The van der Waals surface area contributed by atoms with Gasteiger partial charge >= 0.3 is 0 Å². The van der Waals surface area contributed by atoms with E-state index in [4.69, 9.17) is 0 Å². The molecule has 2 aromatic carbocycles. The molecule has 0 fully saturated rings. The van der Waals surface area contributed by atoms with Gasteiger partial charge in [0.1, 0.15) is 0 Å². The number of hydrogen-bond donors (Lipinski definition) is 2. The second-order valence-electron chi connectivity index (χ2n) is 6.85. The maximum Gasteiger partial charge on any atom is 0.232 e. The molecule has 2 aliphatic rings. The molecule has 5 nitrogen and oxygen atoms in total. The van der Waals surface area contributed by atoms with Crippen molar-refractivity contribution in [2.75, 3.05) is 6.54 Å². The average Bonchev–Trinajstić information content (AvgIpc) is 3.25. The third-order valence-corrected chi connectivity index (χ3v) is 5.26. The second-order valence-corrected chi connectivity index (χ2v) is 6.85. The standard InChI is InChI=1S/C21H20N4O/c26-21(23-12-14-11-15-13-22-9-10-25(15)24-14)20-18-7-3-1-5-16(18)17-6-2-4-8-19(17)20/h1-8,11,20,22H,9-10,12-13H2,(H,23,26). The van der Waals surface area contributed by atoms with E-state index in [0.29, 0.717) is 6.54 Å². The van der Waals surface area contributed by atoms with Gasteiger partial charge in [0.05, 0.1) is 30.4 Å². The van der Waals surface area contributed by atoms with Crippen LogP contribution >= 0.6 is 0 Å². The molecule has 1 amide bonds. The number of benzene rings is 2. The van der Waals surface area contributed by atoms with E-state index >= 15 is 0 Å². The van der Waals surface area contributed by atoms with E-state index < -0.39 is 0 Å². The zero-order chi connectivity index (χ0) is 17.5. The van der Waals surface area contributed by atoms with Crippen LogP contribution in [-0.2, 0) is 24.4 Å². The highest BCUT2D eigenvalue weighted by Gasteiger charge is 2.33. The van der Waals surface area contributed by atoms with Crippen LogP contribution in [0.4, 0.5) is 0 Å². The molecule has 1 aliphatic heterocycles. The summed E-state index contributed by atoms with van der Waals surface area (Å²) in [5, 5.41) is 11.0. The Labute approximate surface area is 152 Å². The lowest BCUT2D eigenvalue weighted by Crippen LogP contribution is -2.29. The van der Waals surface area contributed by atoms with Crippen LogP contribution in [0.3, 0.4) is 0 Å². The number of nitrogens with one attached hydrogen (secondary N) is 2. The Kier molecular flexibility index (Phi) is 3.60. The Bertz CT molecular complexity index is 922. The fourth-order valence-corrected chi connectivity index (χ4v) is 4.06. The molecule has 5 heteroatoms. The summed E-state index contributed by atoms with van der Waals surface area (Å²) in [6.07, 6.45) is 0. The van der Waals surface area contributed by atoms with Crippen LogP contribution in [0.5, 0.6) is 0 Å². The summed E-state index contributed by atoms with van der Waals surface area (Å²) in [4.78, 5) is 13.0. The van der Waals surface area contributed by atoms with E-state index in [1.807, 2.05) is 28.9 Å². The molecule has 0 radical (unpaired) electrons. The highest BCUT2D eigenvalue weighted by atomic mass is 16.1. The van der Waals surface area contributed by atoms with Crippen molar-refractivity contribution in [2.24, 2.45) is 0 Å². The number of carbonyl (C=O) groups excluding carboxylic acids is 1. The minimum absolute atomic E-state index is 0.0338. The van der Waals surface area contributed by atoms with Gasteiger partial charge in [-0.1, -0.05) is 48.5 Å². The maximum atomic E-state index is 13.0. The summed E-state index contributed by atoms with van der Waals surface area (Å²) < 4.78 is 2.03. The van der Waals surface area contributed by atoms with Crippen LogP contribution in [-0.4, -0.2) is 22.2 Å². The van der Waals surface area contributed by atoms with Crippen molar-refractivity contribution in [3.63, 3.8) is 0 Å². The van der Waals surface area contributed by atoms with Crippen LogP contribution in [0.25, 0.3) is 11.1 Å². The lowest BCUT2D eigenvalue weighted by atomic mass is 9.96. The molecule has 0 saturated carbocycles. The number of nitrogens with zero attached hydrogens (tertiary/aromatic N) is 2. The third-order valence-electron chi connectivity index (χ3n) is 5.26.